The molecule has 2 N–H and O–H groups in total. The van der Waals surface area contributed by atoms with E-state index in [2.05, 4.69) is 10.6 Å². The fraction of sp³-hybridized carbons (Fsp3) is 0.188. The highest BCUT2D eigenvalue weighted by Crippen LogP contribution is 2.25. The van der Waals surface area contributed by atoms with Gasteiger partial charge in [-0.2, -0.15) is 0 Å². The van der Waals surface area contributed by atoms with Crippen LogP contribution in [-0.4, -0.2) is 12.5 Å². The van der Waals surface area contributed by atoms with Crippen molar-refractivity contribution in [2.45, 2.75) is 13.0 Å². The maximum absolute atomic E-state index is 13.4. The molecule has 21 heavy (non-hydrogen) atoms. The fourth-order valence-corrected chi connectivity index (χ4v) is 2.73. The van der Waals surface area contributed by atoms with Gasteiger partial charge in [0, 0.05) is 12.2 Å². The van der Waals surface area contributed by atoms with Crippen LogP contribution in [0.15, 0.2) is 36.4 Å². The first-order valence-electron chi connectivity index (χ1n) is 6.73. The van der Waals surface area contributed by atoms with Crippen molar-refractivity contribution in [1.29, 1.82) is 0 Å². The standard InChI is InChI=1S/C16H14ClFN2O/c17-15-12(4-2-5-13(15)18)16(21)20-14-6-1-3-10-9-19-8-7-11(10)14/h1-6,19H,7-9H2,(H,20,21). The monoisotopic (exact) mass is 304 g/mol. The number of carbonyl (C=O) groups excluding carboxylic acids is 1. The molecule has 1 heterocycles. The zero-order valence-corrected chi connectivity index (χ0v) is 12.0. The van der Waals surface area contributed by atoms with E-state index in [9.17, 15) is 9.18 Å². The number of carbonyl (C=O) groups is 1. The van der Waals surface area contributed by atoms with Crippen molar-refractivity contribution in [2.24, 2.45) is 0 Å². The molecule has 0 atom stereocenters. The van der Waals surface area contributed by atoms with Gasteiger partial charge >= 0.3 is 0 Å². The molecule has 0 bridgehead atoms. The fourth-order valence-electron chi connectivity index (χ4n) is 2.52. The number of hydrogen-bond acceptors (Lipinski definition) is 2. The second-order valence-electron chi connectivity index (χ2n) is 4.93. The first-order chi connectivity index (χ1) is 10.2. The van der Waals surface area contributed by atoms with Crippen LogP contribution >= 0.6 is 11.6 Å². The van der Waals surface area contributed by atoms with Crippen molar-refractivity contribution in [3.8, 4) is 0 Å². The minimum atomic E-state index is -0.594. The van der Waals surface area contributed by atoms with Crippen molar-refractivity contribution >= 4 is 23.2 Å². The summed E-state index contributed by atoms with van der Waals surface area (Å²) in [6.07, 6.45) is 0.850. The number of halogens is 2. The number of hydrogen-bond donors (Lipinski definition) is 2. The van der Waals surface area contributed by atoms with Gasteiger partial charge in [-0.05, 0) is 42.3 Å². The van der Waals surface area contributed by atoms with Crippen molar-refractivity contribution in [3.63, 3.8) is 0 Å². The lowest BCUT2D eigenvalue weighted by atomic mass is 9.99. The molecule has 3 nitrogen and oxygen atoms in total. The van der Waals surface area contributed by atoms with E-state index in [-0.39, 0.29) is 10.6 Å². The third kappa shape index (κ3) is 2.77. The quantitative estimate of drug-likeness (QED) is 0.893. The SMILES string of the molecule is O=C(Nc1cccc2c1CCNC2)c1cccc(F)c1Cl. The van der Waals surface area contributed by atoms with Gasteiger partial charge in [-0.1, -0.05) is 29.8 Å². The van der Waals surface area contributed by atoms with Crippen LogP contribution in [-0.2, 0) is 13.0 Å². The number of benzene rings is 2. The average molecular weight is 305 g/mol. The van der Waals surface area contributed by atoms with E-state index in [1.807, 2.05) is 18.2 Å². The highest BCUT2D eigenvalue weighted by Gasteiger charge is 2.17. The van der Waals surface area contributed by atoms with Crippen molar-refractivity contribution in [2.75, 3.05) is 11.9 Å². The Hall–Kier alpha value is -1.91. The van der Waals surface area contributed by atoms with Gasteiger partial charge in [-0.3, -0.25) is 4.79 Å². The largest absolute Gasteiger partial charge is 0.322 e. The molecule has 0 saturated carbocycles. The first-order valence-corrected chi connectivity index (χ1v) is 7.11. The molecule has 0 fully saturated rings. The Morgan fingerprint density at radius 1 is 1.24 bits per heavy atom. The predicted octanol–water partition coefficient (Wildman–Crippen LogP) is 3.38. The number of amides is 1. The zero-order chi connectivity index (χ0) is 14.8. The molecule has 5 heteroatoms. The summed E-state index contributed by atoms with van der Waals surface area (Å²) in [6.45, 7) is 1.67. The van der Waals surface area contributed by atoms with Gasteiger partial charge in [-0.15, -0.1) is 0 Å². The van der Waals surface area contributed by atoms with Gasteiger partial charge in [-0.25, -0.2) is 4.39 Å². The molecule has 1 aliphatic rings. The summed E-state index contributed by atoms with van der Waals surface area (Å²) in [6, 6.07) is 10.0. The number of rotatable bonds is 2. The Balaban J connectivity index is 1.90. The van der Waals surface area contributed by atoms with E-state index < -0.39 is 11.7 Å². The summed E-state index contributed by atoms with van der Waals surface area (Å²) in [5.74, 6) is -0.991. The normalized spacial score (nSPS) is 13.6. The summed E-state index contributed by atoms with van der Waals surface area (Å²) in [5.41, 5.74) is 3.20. The molecule has 2 aromatic carbocycles. The molecule has 3 rings (SSSR count). The molecule has 0 saturated heterocycles. The van der Waals surface area contributed by atoms with Crippen LogP contribution in [0, 0.1) is 5.82 Å². The van der Waals surface area contributed by atoms with Crippen LogP contribution < -0.4 is 10.6 Å². The van der Waals surface area contributed by atoms with Gasteiger partial charge in [0.2, 0.25) is 0 Å². The van der Waals surface area contributed by atoms with Gasteiger partial charge < -0.3 is 10.6 Å². The maximum atomic E-state index is 13.4. The minimum absolute atomic E-state index is 0.142. The van der Waals surface area contributed by atoms with E-state index in [0.717, 1.165) is 30.8 Å². The second kappa shape index (κ2) is 5.84. The van der Waals surface area contributed by atoms with E-state index >= 15 is 0 Å². The molecule has 1 amide bonds. The van der Waals surface area contributed by atoms with Crippen LogP contribution in [0.4, 0.5) is 10.1 Å². The van der Waals surface area contributed by atoms with Gasteiger partial charge in [0.05, 0.1) is 10.6 Å². The molecular weight excluding hydrogens is 291 g/mol. The van der Waals surface area contributed by atoms with Crippen molar-refractivity contribution in [1.82, 2.24) is 5.32 Å². The Kier molecular flexibility index (Phi) is 3.90. The minimum Gasteiger partial charge on any atom is -0.322 e. The highest BCUT2D eigenvalue weighted by molar-refractivity contribution is 6.34. The lowest BCUT2D eigenvalue weighted by molar-refractivity contribution is 0.102. The zero-order valence-electron chi connectivity index (χ0n) is 11.2. The van der Waals surface area contributed by atoms with Gasteiger partial charge in [0.1, 0.15) is 5.82 Å². The third-order valence-electron chi connectivity index (χ3n) is 3.58. The third-order valence-corrected chi connectivity index (χ3v) is 3.97. The Bertz CT molecular complexity index is 703. The summed E-state index contributed by atoms with van der Waals surface area (Å²) in [5, 5.41) is 5.97. The molecule has 0 spiro atoms. The topological polar surface area (TPSA) is 41.1 Å². The maximum Gasteiger partial charge on any atom is 0.257 e. The summed E-state index contributed by atoms with van der Waals surface area (Å²) in [4.78, 5) is 12.3. The number of nitrogens with one attached hydrogen (secondary N) is 2. The predicted molar refractivity (Wildman–Crippen MR) is 81.2 cm³/mol. The molecule has 2 aromatic rings. The average Bonchev–Trinajstić information content (AvgIpc) is 2.50. The van der Waals surface area contributed by atoms with Crippen LogP contribution in [0.5, 0.6) is 0 Å². The molecule has 0 unspecified atom stereocenters. The van der Waals surface area contributed by atoms with Gasteiger partial charge in [0.25, 0.3) is 5.91 Å². The van der Waals surface area contributed by atoms with Gasteiger partial charge in [0.15, 0.2) is 0 Å². The molecular formula is C16H14ClFN2O. The molecule has 0 aliphatic carbocycles. The van der Waals surface area contributed by atoms with E-state index in [4.69, 9.17) is 11.6 Å². The van der Waals surface area contributed by atoms with E-state index in [1.54, 1.807) is 0 Å². The molecule has 0 radical (unpaired) electrons. The molecule has 0 aromatic heterocycles. The molecule has 1 aliphatic heterocycles. The highest BCUT2D eigenvalue weighted by atomic mass is 35.5. The lowest BCUT2D eigenvalue weighted by Gasteiger charge is -2.20. The Morgan fingerprint density at radius 2 is 2.05 bits per heavy atom. The van der Waals surface area contributed by atoms with Crippen molar-refractivity contribution in [3.05, 3.63) is 63.9 Å². The van der Waals surface area contributed by atoms with Crippen LogP contribution in [0.25, 0.3) is 0 Å². The van der Waals surface area contributed by atoms with Crippen LogP contribution in [0.1, 0.15) is 21.5 Å². The molecule has 108 valence electrons. The summed E-state index contributed by atoms with van der Waals surface area (Å²) < 4.78 is 13.4. The van der Waals surface area contributed by atoms with Crippen LogP contribution in [0.3, 0.4) is 0 Å². The van der Waals surface area contributed by atoms with Crippen LogP contribution in [0.2, 0.25) is 5.02 Å². The number of fused-ring (bicyclic) bond motifs is 1. The van der Waals surface area contributed by atoms with Crippen molar-refractivity contribution < 1.29 is 9.18 Å². The second-order valence-corrected chi connectivity index (χ2v) is 5.30. The Labute approximate surface area is 127 Å². The smallest absolute Gasteiger partial charge is 0.257 e. The Morgan fingerprint density at radius 3 is 2.90 bits per heavy atom. The first kappa shape index (κ1) is 14.0. The summed E-state index contributed by atoms with van der Waals surface area (Å²) >= 11 is 5.85. The van der Waals surface area contributed by atoms with E-state index in [0.29, 0.717) is 0 Å². The number of anilines is 1. The van der Waals surface area contributed by atoms with E-state index in [1.165, 1.54) is 23.8 Å². The lowest BCUT2D eigenvalue weighted by Crippen LogP contribution is -2.25. The summed E-state index contributed by atoms with van der Waals surface area (Å²) in [7, 11) is 0.